The van der Waals surface area contributed by atoms with Crippen molar-refractivity contribution >= 4 is 5.71 Å². The largest absolute Gasteiger partial charge is 0.258 e. The quantitative estimate of drug-likeness (QED) is 0.347. The van der Waals surface area contributed by atoms with Crippen molar-refractivity contribution < 1.29 is 0 Å². The van der Waals surface area contributed by atoms with Gasteiger partial charge in [-0.1, -0.05) is 65.5 Å². The van der Waals surface area contributed by atoms with Gasteiger partial charge in [-0.15, -0.1) is 0 Å². The van der Waals surface area contributed by atoms with Crippen LogP contribution in [0.3, 0.4) is 0 Å². The van der Waals surface area contributed by atoms with Gasteiger partial charge >= 0.3 is 0 Å². The molecule has 0 aromatic rings. The summed E-state index contributed by atoms with van der Waals surface area (Å²) in [5.74, 6) is 0.538. The maximum Gasteiger partial charge on any atom is 0.0450 e. The van der Waals surface area contributed by atoms with Crippen LogP contribution in [-0.2, 0) is 0 Å². The number of hydrogen-bond acceptors (Lipinski definition) is 1. The number of allylic oxidation sites excluding steroid dienone is 7. The molecule has 0 unspecified atom stereocenters. The molecule has 0 bridgehead atoms. The molecule has 140 valence electrons. The van der Waals surface area contributed by atoms with Gasteiger partial charge in [0, 0.05) is 17.3 Å². The predicted octanol–water partition coefficient (Wildman–Crippen LogP) is 7.67. The van der Waals surface area contributed by atoms with Crippen molar-refractivity contribution in [2.75, 3.05) is 0 Å². The molecule has 0 radical (unpaired) electrons. The summed E-state index contributed by atoms with van der Waals surface area (Å²) in [6.45, 7) is 22.3. The van der Waals surface area contributed by atoms with Gasteiger partial charge in [-0.25, -0.2) is 0 Å². The van der Waals surface area contributed by atoms with Crippen molar-refractivity contribution in [3.8, 4) is 0 Å². The molecule has 1 fully saturated rings. The molecule has 0 aromatic heterocycles. The normalized spacial score (nSPS) is 22.5. The van der Waals surface area contributed by atoms with Gasteiger partial charge in [0.15, 0.2) is 0 Å². The summed E-state index contributed by atoms with van der Waals surface area (Å²) in [5, 5.41) is 0. The van der Waals surface area contributed by atoms with Crippen LogP contribution in [0.5, 0.6) is 0 Å². The van der Waals surface area contributed by atoms with Gasteiger partial charge in [-0.3, -0.25) is 4.99 Å². The second kappa shape index (κ2) is 8.83. The van der Waals surface area contributed by atoms with Crippen LogP contribution in [0.25, 0.3) is 0 Å². The van der Waals surface area contributed by atoms with Crippen LogP contribution in [0.15, 0.2) is 52.7 Å². The molecule has 1 aliphatic carbocycles. The van der Waals surface area contributed by atoms with Crippen molar-refractivity contribution in [2.24, 2.45) is 21.7 Å². The molecular weight excluding hydrogens is 302 g/mol. The van der Waals surface area contributed by atoms with Crippen molar-refractivity contribution in [2.45, 2.75) is 81.1 Å². The molecule has 1 nitrogen and oxygen atoms in total. The average molecular weight is 342 g/mol. The molecule has 0 saturated heterocycles. The van der Waals surface area contributed by atoms with Crippen LogP contribution >= 0.6 is 0 Å². The lowest BCUT2D eigenvalue weighted by Crippen LogP contribution is -2.34. The second-order valence-electron chi connectivity index (χ2n) is 9.08. The molecule has 0 heterocycles. The minimum absolute atomic E-state index is 0.376. The maximum absolute atomic E-state index is 5.09. The lowest BCUT2D eigenvalue weighted by atomic mass is 9.61. The minimum Gasteiger partial charge on any atom is -0.258 e. The third-order valence-corrected chi connectivity index (χ3v) is 5.22. The fraction of sp³-hybridized carbons (Fsp3) is 0.625. The molecule has 1 heteroatoms. The van der Waals surface area contributed by atoms with E-state index in [4.69, 9.17) is 4.99 Å². The summed E-state index contributed by atoms with van der Waals surface area (Å²) < 4.78 is 0. The fourth-order valence-electron chi connectivity index (χ4n) is 4.58. The van der Waals surface area contributed by atoms with E-state index in [1.54, 1.807) is 0 Å². The fourth-order valence-corrected chi connectivity index (χ4v) is 4.58. The van der Waals surface area contributed by atoms with Gasteiger partial charge in [-0.2, -0.15) is 0 Å². The van der Waals surface area contributed by atoms with Crippen molar-refractivity contribution in [1.82, 2.24) is 0 Å². The molecule has 0 atom stereocenters. The Kier molecular flexibility index (Phi) is 7.65. The molecule has 0 spiro atoms. The van der Waals surface area contributed by atoms with E-state index in [0.29, 0.717) is 16.7 Å². The zero-order chi connectivity index (χ0) is 19.3. The molecule has 0 aromatic carbocycles. The lowest BCUT2D eigenvalue weighted by molar-refractivity contribution is 0.0813. The smallest absolute Gasteiger partial charge is 0.0450 e. The molecule has 0 amide bonds. The Labute approximate surface area is 156 Å². The Balaban J connectivity index is 3.18. The van der Waals surface area contributed by atoms with Crippen molar-refractivity contribution in [3.63, 3.8) is 0 Å². The number of rotatable bonds is 6. The monoisotopic (exact) mass is 341 g/mol. The highest BCUT2D eigenvalue weighted by atomic mass is 14.8. The molecule has 25 heavy (non-hydrogen) atoms. The van der Waals surface area contributed by atoms with E-state index in [2.05, 4.69) is 79.3 Å². The van der Waals surface area contributed by atoms with Crippen LogP contribution < -0.4 is 0 Å². The van der Waals surface area contributed by atoms with Gasteiger partial charge in [0.2, 0.25) is 0 Å². The van der Waals surface area contributed by atoms with Crippen molar-refractivity contribution in [3.05, 3.63) is 47.7 Å². The number of aliphatic imine (C=N–C) groups is 1. The summed E-state index contributed by atoms with van der Waals surface area (Å²) >= 11 is 0. The minimum atomic E-state index is 0.376. The summed E-state index contributed by atoms with van der Waals surface area (Å²) in [6, 6.07) is 0. The highest BCUT2D eigenvalue weighted by Crippen LogP contribution is 2.50. The van der Waals surface area contributed by atoms with Crippen molar-refractivity contribution in [1.29, 1.82) is 0 Å². The number of nitrogens with zero attached hydrogens (tertiary/aromatic N) is 1. The van der Waals surface area contributed by atoms with Gasteiger partial charge in [-0.05, 0) is 68.4 Å². The van der Waals surface area contributed by atoms with E-state index in [9.17, 15) is 0 Å². The van der Waals surface area contributed by atoms with Crippen LogP contribution in [0.1, 0.15) is 81.1 Å². The van der Waals surface area contributed by atoms with Crippen LogP contribution in [0, 0.1) is 16.7 Å². The van der Waals surface area contributed by atoms with E-state index in [0.717, 1.165) is 17.7 Å². The first-order chi connectivity index (χ1) is 11.5. The SMILES string of the molecule is C=C(CC)C(=C\C=C/C)/C(C)=N/C(=C\C)C1CC(C)(C)CC(C)(C)C1. The maximum atomic E-state index is 5.09. The lowest BCUT2D eigenvalue weighted by Gasteiger charge is -2.45. The first kappa shape index (κ1) is 21.7. The molecule has 0 N–H and O–H groups in total. The zero-order valence-electron chi connectivity index (χ0n) is 17.9. The van der Waals surface area contributed by atoms with E-state index in [-0.39, 0.29) is 0 Å². The predicted molar refractivity (Wildman–Crippen MR) is 114 cm³/mol. The molecule has 0 aliphatic heterocycles. The highest BCUT2D eigenvalue weighted by Gasteiger charge is 2.39. The Morgan fingerprint density at radius 3 is 2.12 bits per heavy atom. The van der Waals surface area contributed by atoms with E-state index in [1.165, 1.54) is 30.5 Å². The third-order valence-electron chi connectivity index (χ3n) is 5.22. The molecule has 1 aliphatic rings. The summed E-state index contributed by atoms with van der Waals surface area (Å²) in [5.41, 5.74) is 5.41. The second-order valence-corrected chi connectivity index (χ2v) is 9.08. The third kappa shape index (κ3) is 6.45. The topological polar surface area (TPSA) is 12.4 Å². The van der Waals surface area contributed by atoms with E-state index in [1.807, 2.05) is 6.92 Å². The Hall–Kier alpha value is -1.37. The highest BCUT2D eigenvalue weighted by molar-refractivity contribution is 6.02. The summed E-state index contributed by atoms with van der Waals surface area (Å²) in [6.07, 6.45) is 13.2. The Morgan fingerprint density at radius 1 is 1.12 bits per heavy atom. The van der Waals surface area contributed by atoms with E-state index < -0.39 is 0 Å². The zero-order valence-corrected chi connectivity index (χ0v) is 17.9. The molecular formula is C24H39N. The average Bonchev–Trinajstić information content (AvgIpc) is 2.49. The van der Waals surface area contributed by atoms with Gasteiger partial charge in [0.25, 0.3) is 0 Å². The number of hydrogen-bond donors (Lipinski definition) is 0. The Bertz CT molecular complexity index is 578. The molecule has 1 saturated carbocycles. The Morgan fingerprint density at radius 2 is 1.68 bits per heavy atom. The first-order valence-electron chi connectivity index (χ1n) is 9.78. The molecule has 1 rings (SSSR count). The summed E-state index contributed by atoms with van der Waals surface area (Å²) in [7, 11) is 0. The summed E-state index contributed by atoms with van der Waals surface area (Å²) in [4.78, 5) is 5.09. The van der Waals surface area contributed by atoms with Crippen LogP contribution in [0.2, 0.25) is 0 Å². The van der Waals surface area contributed by atoms with E-state index >= 15 is 0 Å². The van der Waals surface area contributed by atoms with Crippen LogP contribution in [0.4, 0.5) is 0 Å². The van der Waals surface area contributed by atoms with Gasteiger partial charge in [0.05, 0.1) is 0 Å². The van der Waals surface area contributed by atoms with Gasteiger partial charge in [0.1, 0.15) is 0 Å². The van der Waals surface area contributed by atoms with Crippen LogP contribution in [-0.4, -0.2) is 5.71 Å². The standard InChI is InChI=1S/C24H39N/c1-10-13-14-21(18(4)11-2)19(5)25-22(12-3)20-15-23(6,7)17-24(8,9)16-20/h10,12-14,20H,4,11,15-17H2,1-3,5-9H3/b13-10-,21-14+,22-12-,25-19+. The van der Waals surface area contributed by atoms with Gasteiger partial charge < -0.3 is 0 Å². The first-order valence-corrected chi connectivity index (χ1v) is 9.78.